The van der Waals surface area contributed by atoms with Gasteiger partial charge in [-0.1, -0.05) is 196 Å². The van der Waals surface area contributed by atoms with Crippen LogP contribution in [0.25, 0.3) is 0 Å². The van der Waals surface area contributed by atoms with E-state index in [1.54, 1.807) is 19.1 Å². The number of aromatic hydroxyl groups is 1. The van der Waals surface area contributed by atoms with Gasteiger partial charge in [0.2, 0.25) is 3.79 Å². The number of halogens is 3. The third-order valence-electron chi connectivity index (χ3n) is 16.4. The first-order chi connectivity index (χ1) is 45.1. The first-order valence-corrected chi connectivity index (χ1v) is 35.1. The fourth-order valence-electron chi connectivity index (χ4n) is 11.7. The molecule has 94 heavy (non-hydrogen) atoms. The standard InChI is InChI=1S/C69H86Cl3NO20Si/c1-9-94(10-2,43(3)4)93-62-59(87-46(7)75)55(41-80-36-49-25-17-12-18-26-49)90-67(64(62)82-38-51-29-21-14-22-30-51)91-58-54(40-79-35-48-23-15-11-16-24-48)89-65(83-39-52-31-33-53(77)34-32-52)56(73-68(78)84-42-69(70,71)72)60(58)92-66-63(81-37-50-27-19-13-20-28-50)61(88-47(8)76)57(44(5)85-66)86-45(6)74/h11-34,43-44,54-67,77H,9-10,35-42H2,1-8H3,(H,73,78)/t44-,54+,55+,56+,57+,58+,59-,60+,61+,62-,63-,64+,65+,66-,67-/m0/s1. The summed E-state index contributed by atoms with van der Waals surface area (Å²) < 4.78 is 99.2. The predicted octanol–water partition coefficient (Wildman–Crippen LogP) is 11.5. The molecule has 8 rings (SSSR count). The van der Waals surface area contributed by atoms with E-state index in [1.807, 2.05) is 121 Å². The minimum atomic E-state index is -2.84. The molecule has 5 aromatic rings. The number of amides is 1. The average Bonchev–Trinajstić information content (AvgIpc) is 0.763. The molecule has 0 aromatic heterocycles. The van der Waals surface area contributed by atoms with Crippen molar-refractivity contribution >= 4 is 67.1 Å². The number of benzene rings is 5. The van der Waals surface area contributed by atoms with Gasteiger partial charge in [-0.15, -0.1) is 0 Å². The molecule has 2 N–H and O–H groups in total. The van der Waals surface area contributed by atoms with Crippen LogP contribution in [0.5, 0.6) is 5.75 Å². The Morgan fingerprint density at radius 3 is 1.40 bits per heavy atom. The number of ether oxygens (including phenoxy) is 14. The number of esters is 3. The third-order valence-corrected chi connectivity index (χ3v) is 22.0. The second kappa shape index (κ2) is 36.0. The molecular formula is C69H86Cl3NO20Si. The number of carbonyl (C=O) groups excluding carboxylic acids is 4. The Labute approximate surface area is 565 Å². The lowest BCUT2D eigenvalue weighted by Gasteiger charge is -2.52. The van der Waals surface area contributed by atoms with E-state index in [9.17, 15) is 24.3 Å². The molecule has 0 unspecified atom stereocenters. The highest BCUT2D eigenvalue weighted by molar-refractivity contribution is 6.75. The Morgan fingerprint density at radius 1 is 0.511 bits per heavy atom. The van der Waals surface area contributed by atoms with E-state index in [-0.39, 0.29) is 57.5 Å². The molecule has 3 aliphatic rings. The van der Waals surface area contributed by atoms with Gasteiger partial charge < -0.3 is 81.2 Å². The van der Waals surface area contributed by atoms with Crippen LogP contribution in [0.4, 0.5) is 4.79 Å². The Kier molecular flexibility index (Phi) is 28.3. The molecular weight excluding hydrogens is 1300 g/mol. The number of hydrogen-bond acceptors (Lipinski definition) is 20. The summed E-state index contributed by atoms with van der Waals surface area (Å²) >= 11 is 18.6. The first-order valence-electron chi connectivity index (χ1n) is 31.5. The minimum Gasteiger partial charge on any atom is -0.508 e. The average molecular weight is 1380 g/mol. The molecule has 0 spiro atoms. The number of phenolic OH excluding ortho intramolecular Hbond substituents is 1. The summed E-state index contributed by atoms with van der Waals surface area (Å²) in [5, 5.41) is 13.2. The fraction of sp³-hybridized carbons (Fsp3) is 0.507. The number of rotatable bonds is 31. The number of phenols is 1. The molecule has 0 bridgehead atoms. The molecule has 512 valence electrons. The van der Waals surface area contributed by atoms with Gasteiger partial charge in [-0.25, -0.2) is 4.79 Å². The van der Waals surface area contributed by atoms with Crippen LogP contribution in [0.1, 0.15) is 83.2 Å². The lowest BCUT2D eigenvalue weighted by atomic mass is 9.94. The summed E-state index contributed by atoms with van der Waals surface area (Å²) in [5.41, 5.74) is 3.77. The van der Waals surface area contributed by atoms with E-state index >= 15 is 0 Å². The Bertz CT molecular complexity index is 3100. The van der Waals surface area contributed by atoms with Crippen LogP contribution in [-0.4, -0.2) is 153 Å². The van der Waals surface area contributed by atoms with Crippen molar-refractivity contribution in [1.82, 2.24) is 5.32 Å². The van der Waals surface area contributed by atoms with Gasteiger partial charge in [0.05, 0.1) is 52.4 Å². The number of alkyl carbamates (subject to hydrolysis) is 1. The van der Waals surface area contributed by atoms with Crippen molar-refractivity contribution in [2.75, 3.05) is 19.8 Å². The van der Waals surface area contributed by atoms with E-state index in [0.717, 1.165) is 16.7 Å². The van der Waals surface area contributed by atoms with Crippen LogP contribution < -0.4 is 5.32 Å². The van der Waals surface area contributed by atoms with Crippen molar-refractivity contribution in [1.29, 1.82) is 0 Å². The lowest BCUT2D eigenvalue weighted by molar-refractivity contribution is -0.379. The highest BCUT2D eigenvalue weighted by atomic mass is 35.6. The second-order valence-electron chi connectivity index (χ2n) is 23.6. The minimum absolute atomic E-state index is 0.00107. The summed E-state index contributed by atoms with van der Waals surface area (Å²) in [5.74, 6) is -2.07. The van der Waals surface area contributed by atoms with E-state index in [0.29, 0.717) is 23.2 Å². The summed E-state index contributed by atoms with van der Waals surface area (Å²) in [4.78, 5) is 54.4. The molecule has 5 aromatic carbocycles. The number of carbonyl (C=O) groups is 4. The second-order valence-corrected chi connectivity index (χ2v) is 31.0. The maximum Gasteiger partial charge on any atom is 0.407 e. The smallest absolute Gasteiger partial charge is 0.407 e. The Morgan fingerprint density at radius 2 is 0.926 bits per heavy atom. The van der Waals surface area contributed by atoms with E-state index < -0.39 is 135 Å². The Balaban J connectivity index is 1.34. The number of nitrogens with one attached hydrogen (secondary N) is 1. The molecule has 0 aliphatic carbocycles. The zero-order valence-corrected chi connectivity index (χ0v) is 57.3. The molecule has 0 saturated carbocycles. The van der Waals surface area contributed by atoms with Crippen molar-refractivity contribution in [3.05, 3.63) is 173 Å². The van der Waals surface area contributed by atoms with Crippen LogP contribution in [0, 0.1) is 0 Å². The molecule has 25 heteroatoms. The van der Waals surface area contributed by atoms with Gasteiger partial charge in [-0.05, 0) is 64.5 Å². The Hall–Kier alpha value is -5.77. The molecule has 1 amide bonds. The maximum atomic E-state index is 14.5. The number of hydrogen-bond donors (Lipinski definition) is 2. The van der Waals surface area contributed by atoms with Crippen molar-refractivity contribution in [2.45, 2.75) is 202 Å². The van der Waals surface area contributed by atoms with Gasteiger partial charge in [-0.2, -0.15) is 0 Å². The molecule has 3 fully saturated rings. The van der Waals surface area contributed by atoms with Crippen molar-refractivity contribution < 1.29 is 95.0 Å². The van der Waals surface area contributed by atoms with E-state index in [2.05, 4.69) is 33.0 Å². The van der Waals surface area contributed by atoms with Crippen LogP contribution in [0.3, 0.4) is 0 Å². The normalized spacial score (nSPS) is 26.4. The molecule has 0 radical (unpaired) electrons. The van der Waals surface area contributed by atoms with Gasteiger partial charge in [0, 0.05) is 20.8 Å². The highest BCUT2D eigenvalue weighted by Gasteiger charge is 2.59. The predicted molar refractivity (Wildman–Crippen MR) is 348 cm³/mol. The largest absolute Gasteiger partial charge is 0.508 e. The van der Waals surface area contributed by atoms with Gasteiger partial charge in [0.25, 0.3) is 0 Å². The van der Waals surface area contributed by atoms with Crippen LogP contribution in [0.15, 0.2) is 146 Å². The van der Waals surface area contributed by atoms with Gasteiger partial charge in [-0.3, -0.25) is 14.4 Å². The summed E-state index contributed by atoms with van der Waals surface area (Å²) in [7, 11) is -2.84. The van der Waals surface area contributed by atoms with Crippen molar-refractivity contribution in [3.63, 3.8) is 0 Å². The molecule has 3 saturated heterocycles. The summed E-state index contributed by atoms with van der Waals surface area (Å²) in [6.45, 7) is 12.5. The zero-order chi connectivity index (χ0) is 67.4. The highest BCUT2D eigenvalue weighted by Crippen LogP contribution is 2.41. The topological polar surface area (TPSA) is 239 Å². The van der Waals surface area contributed by atoms with Crippen LogP contribution >= 0.6 is 34.8 Å². The summed E-state index contributed by atoms with van der Waals surface area (Å²) in [6, 6.07) is 43.6. The van der Waals surface area contributed by atoms with Gasteiger partial charge in [0.15, 0.2) is 45.5 Å². The first kappa shape index (κ1) is 74.0. The zero-order valence-electron chi connectivity index (χ0n) is 54.0. The van der Waals surface area contributed by atoms with Crippen molar-refractivity contribution in [3.8, 4) is 5.75 Å². The maximum absolute atomic E-state index is 14.5. The van der Waals surface area contributed by atoms with Crippen LogP contribution in [-0.2, 0) is 118 Å². The molecule has 3 aliphatic heterocycles. The molecule has 3 heterocycles. The third kappa shape index (κ3) is 21.6. The summed E-state index contributed by atoms with van der Waals surface area (Å²) in [6.07, 6.45) is -19.9. The van der Waals surface area contributed by atoms with Crippen molar-refractivity contribution in [2.24, 2.45) is 0 Å². The lowest BCUT2D eigenvalue weighted by Crippen LogP contribution is -2.71. The molecule has 21 nitrogen and oxygen atoms in total. The quantitative estimate of drug-likeness (QED) is 0.0181. The van der Waals surface area contributed by atoms with Gasteiger partial charge >= 0.3 is 24.0 Å². The SMILES string of the molecule is CC[Si](CC)(O[C@H]1[C@@H](OC(C)=O)[C@@H](COCc2ccccc2)O[C@@H](O[C@H]2[C@H](O[C@@H]3O[C@@H](C)[C@@H](OC(C)=O)[C@@H](OC(C)=O)[C@@H]3OCc3ccccc3)[C@@H](NC(=O)OCC(Cl)(Cl)Cl)[C@H](OCc3ccc(O)cc3)O[C@@H]2COCc2ccccc2)[C@@H]1OCc1ccccc1)C(C)C. The fourth-order valence-corrected chi connectivity index (χ4v) is 15.4. The monoisotopic (exact) mass is 1380 g/mol. The number of alkyl halides is 3. The van der Waals surface area contributed by atoms with Crippen LogP contribution in [0.2, 0.25) is 17.6 Å². The van der Waals surface area contributed by atoms with E-state index in [4.69, 9.17) is 106 Å². The van der Waals surface area contributed by atoms with Gasteiger partial charge in [0.1, 0.15) is 61.1 Å². The molecule has 15 atom stereocenters. The van der Waals surface area contributed by atoms with E-state index in [1.165, 1.54) is 32.9 Å².